The summed E-state index contributed by atoms with van der Waals surface area (Å²) in [5.41, 5.74) is 1.32. The molecule has 0 unspecified atom stereocenters. The molecule has 0 spiro atoms. The van der Waals surface area contributed by atoms with Crippen molar-refractivity contribution in [1.29, 1.82) is 0 Å². The number of para-hydroxylation sites is 2. The summed E-state index contributed by atoms with van der Waals surface area (Å²) in [7, 11) is 0. The van der Waals surface area contributed by atoms with E-state index in [-0.39, 0.29) is 17.6 Å². The van der Waals surface area contributed by atoms with Crippen LogP contribution in [0.2, 0.25) is 0 Å². The van der Waals surface area contributed by atoms with Gasteiger partial charge in [0.2, 0.25) is 0 Å². The van der Waals surface area contributed by atoms with Crippen molar-refractivity contribution in [1.82, 2.24) is 4.98 Å². The van der Waals surface area contributed by atoms with Crippen LogP contribution in [0.15, 0.2) is 48.5 Å². The van der Waals surface area contributed by atoms with Crippen molar-refractivity contribution in [2.45, 2.75) is 19.5 Å². The largest absolute Gasteiger partial charge is 0.320 e. The van der Waals surface area contributed by atoms with Gasteiger partial charge in [-0.25, -0.2) is 9.37 Å². The number of carbonyl (C=O) groups excluding carboxylic acids is 1. The van der Waals surface area contributed by atoms with Crippen LogP contribution in [0.4, 0.5) is 10.1 Å². The number of carbonyl (C=O) groups is 1. The Balaban J connectivity index is 1.30. The van der Waals surface area contributed by atoms with E-state index in [1.807, 2.05) is 19.1 Å². The fraction of sp³-hybridized carbons (Fsp3) is 0.333. The van der Waals surface area contributed by atoms with Crippen molar-refractivity contribution >= 4 is 33.1 Å². The summed E-state index contributed by atoms with van der Waals surface area (Å²) < 4.78 is 15.0. The average molecular weight is 401 g/mol. The number of hydrogen-bond donors (Lipinski definition) is 3. The Bertz CT molecular complexity index is 935. The van der Waals surface area contributed by atoms with Crippen molar-refractivity contribution in [2.75, 3.05) is 31.5 Å². The van der Waals surface area contributed by atoms with E-state index in [0.717, 1.165) is 38.2 Å². The molecule has 1 fully saturated rings. The maximum atomic E-state index is 13.8. The third-order valence-electron chi connectivity index (χ3n) is 5.48. The van der Waals surface area contributed by atoms with Crippen LogP contribution < -0.4 is 15.1 Å². The number of amides is 1. The quantitative estimate of drug-likeness (QED) is 0.592. The molecule has 0 aliphatic carbocycles. The predicted octanol–water partition coefficient (Wildman–Crippen LogP) is 0.746. The molecule has 2 heterocycles. The van der Waals surface area contributed by atoms with E-state index in [9.17, 15) is 9.18 Å². The Kier molecular flexibility index (Phi) is 5.66. The van der Waals surface area contributed by atoms with Gasteiger partial charge in [0.25, 0.3) is 5.91 Å². The van der Waals surface area contributed by atoms with E-state index in [4.69, 9.17) is 4.98 Å². The van der Waals surface area contributed by atoms with Crippen LogP contribution in [0, 0.1) is 5.82 Å². The van der Waals surface area contributed by atoms with Crippen LogP contribution in [0.5, 0.6) is 0 Å². The first-order chi connectivity index (χ1) is 13.6. The predicted molar refractivity (Wildman–Crippen MR) is 109 cm³/mol. The third-order valence-corrected chi connectivity index (χ3v) is 6.51. The fourth-order valence-corrected chi connectivity index (χ4v) is 4.77. The van der Waals surface area contributed by atoms with E-state index in [1.54, 1.807) is 29.5 Å². The molecule has 3 N–H and O–H groups in total. The second-order valence-electron chi connectivity index (χ2n) is 7.35. The zero-order valence-corrected chi connectivity index (χ0v) is 16.7. The normalized spacial score (nSPS) is 20.8. The summed E-state index contributed by atoms with van der Waals surface area (Å²) in [5, 5.41) is 3.89. The van der Waals surface area contributed by atoms with E-state index in [1.165, 1.54) is 25.6 Å². The number of quaternary nitrogens is 2. The minimum Gasteiger partial charge on any atom is -0.320 e. The number of aromatic nitrogens is 1. The Morgan fingerprint density at radius 2 is 1.86 bits per heavy atom. The molecule has 1 aliphatic rings. The molecule has 1 aromatic heterocycles. The summed E-state index contributed by atoms with van der Waals surface area (Å²) in [6.07, 6.45) is 0. The maximum absolute atomic E-state index is 13.8. The number of halogens is 1. The highest BCUT2D eigenvalue weighted by molar-refractivity contribution is 7.18. The van der Waals surface area contributed by atoms with Crippen LogP contribution >= 0.6 is 11.3 Å². The second kappa shape index (κ2) is 8.34. The Morgan fingerprint density at radius 1 is 1.14 bits per heavy atom. The Labute approximate surface area is 167 Å². The van der Waals surface area contributed by atoms with Gasteiger partial charge in [-0.1, -0.05) is 24.3 Å². The highest BCUT2D eigenvalue weighted by Crippen LogP contribution is 2.20. The van der Waals surface area contributed by atoms with Crippen LogP contribution in [0.3, 0.4) is 0 Å². The first kappa shape index (κ1) is 19.0. The molecule has 1 saturated heterocycles. The van der Waals surface area contributed by atoms with Gasteiger partial charge >= 0.3 is 0 Å². The smallest absolute Gasteiger partial charge is 0.282 e. The molecule has 1 amide bonds. The van der Waals surface area contributed by atoms with Crippen molar-refractivity contribution in [2.24, 2.45) is 0 Å². The molecule has 0 saturated carbocycles. The fourth-order valence-electron chi connectivity index (χ4n) is 3.73. The number of anilines is 1. The lowest BCUT2D eigenvalue weighted by Crippen LogP contribution is -3.29. The van der Waals surface area contributed by atoms with Crippen LogP contribution in [-0.4, -0.2) is 43.1 Å². The molecule has 0 radical (unpaired) electrons. The number of piperazine rings is 1. The second-order valence-corrected chi connectivity index (χ2v) is 8.47. The number of fused-ring (bicyclic) bond motifs is 1. The van der Waals surface area contributed by atoms with E-state index in [2.05, 4.69) is 17.4 Å². The molecule has 0 bridgehead atoms. The van der Waals surface area contributed by atoms with Gasteiger partial charge in [-0.15, -0.1) is 11.3 Å². The van der Waals surface area contributed by atoms with Crippen LogP contribution in [0.1, 0.15) is 11.9 Å². The molecule has 1 atom stereocenters. The third kappa shape index (κ3) is 4.22. The Hall–Kier alpha value is -2.35. The van der Waals surface area contributed by atoms with Gasteiger partial charge in [-0.3, -0.25) is 4.79 Å². The lowest BCUT2D eigenvalue weighted by atomic mass is 10.2. The van der Waals surface area contributed by atoms with Gasteiger partial charge in [-0.2, -0.15) is 0 Å². The number of thiazole rings is 1. The van der Waals surface area contributed by atoms with Crippen LogP contribution in [0.25, 0.3) is 10.2 Å². The minimum atomic E-state index is -0.400. The lowest BCUT2D eigenvalue weighted by Gasteiger charge is -2.32. The average Bonchev–Trinajstić information content (AvgIpc) is 3.12. The van der Waals surface area contributed by atoms with Crippen molar-refractivity contribution in [3.05, 3.63) is 59.4 Å². The first-order valence-electron chi connectivity index (χ1n) is 9.68. The highest BCUT2D eigenvalue weighted by Gasteiger charge is 2.31. The summed E-state index contributed by atoms with van der Waals surface area (Å²) >= 11 is 1.77. The van der Waals surface area contributed by atoms with Gasteiger partial charge in [0.15, 0.2) is 6.04 Å². The summed E-state index contributed by atoms with van der Waals surface area (Å²) in [6, 6.07) is 14.3. The minimum absolute atomic E-state index is 0.130. The topological polar surface area (TPSA) is 50.9 Å². The summed E-state index contributed by atoms with van der Waals surface area (Å²) in [5.74, 6) is -0.530. The zero-order chi connectivity index (χ0) is 19.5. The van der Waals surface area contributed by atoms with Gasteiger partial charge in [0, 0.05) is 0 Å². The standard InChI is InChI=1S/C21H23FN4OS/c1-15(21(27)24-17-7-3-2-6-16(17)22)26-12-10-25(11-13-26)14-20-23-18-8-4-5-9-19(18)28-20/h2-9,15H,10-14H2,1H3,(H,24,27)/p+2/t15-/m0/s1. The Morgan fingerprint density at radius 3 is 2.61 bits per heavy atom. The molecule has 2 aromatic carbocycles. The highest BCUT2D eigenvalue weighted by atomic mass is 32.1. The first-order valence-corrected chi connectivity index (χ1v) is 10.5. The maximum Gasteiger partial charge on any atom is 0.282 e. The number of nitrogens with zero attached hydrogens (tertiary/aromatic N) is 1. The number of benzene rings is 2. The molecule has 7 heteroatoms. The van der Waals surface area contributed by atoms with E-state index >= 15 is 0 Å². The lowest BCUT2D eigenvalue weighted by molar-refractivity contribution is -1.02. The molecule has 146 valence electrons. The number of rotatable bonds is 5. The monoisotopic (exact) mass is 400 g/mol. The molecular formula is C21H25FN4OS+2. The number of hydrogen-bond acceptors (Lipinski definition) is 3. The summed E-state index contributed by atoms with van der Waals surface area (Å²) in [6.45, 7) is 6.70. The van der Waals surface area contributed by atoms with E-state index < -0.39 is 5.82 Å². The molecule has 1 aliphatic heterocycles. The molecule has 4 rings (SSSR count). The van der Waals surface area contributed by atoms with Crippen LogP contribution in [-0.2, 0) is 11.3 Å². The molecule has 28 heavy (non-hydrogen) atoms. The van der Waals surface area contributed by atoms with Crippen molar-refractivity contribution < 1.29 is 19.0 Å². The SMILES string of the molecule is C[C@@H](C(=O)Nc1ccccc1F)[NH+]1CC[NH+](Cc2nc3ccccc3s2)CC1. The molecular weight excluding hydrogens is 375 g/mol. The summed E-state index contributed by atoms with van der Waals surface area (Å²) in [4.78, 5) is 20.0. The van der Waals surface area contributed by atoms with Crippen molar-refractivity contribution in [3.63, 3.8) is 0 Å². The molecule has 5 nitrogen and oxygen atoms in total. The number of nitrogens with one attached hydrogen (secondary N) is 3. The zero-order valence-electron chi connectivity index (χ0n) is 15.9. The van der Waals surface area contributed by atoms with Gasteiger partial charge in [0.05, 0.1) is 15.9 Å². The van der Waals surface area contributed by atoms with E-state index in [0.29, 0.717) is 0 Å². The van der Waals surface area contributed by atoms with Gasteiger partial charge in [-0.05, 0) is 31.2 Å². The molecule has 3 aromatic rings. The van der Waals surface area contributed by atoms with Crippen molar-refractivity contribution in [3.8, 4) is 0 Å². The van der Waals surface area contributed by atoms with Gasteiger partial charge in [0.1, 0.15) is 43.5 Å². The van der Waals surface area contributed by atoms with Gasteiger partial charge < -0.3 is 15.1 Å².